The number of halogens is 1. The van der Waals surface area contributed by atoms with Crippen molar-refractivity contribution in [2.75, 3.05) is 0 Å². The van der Waals surface area contributed by atoms with Crippen molar-refractivity contribution < 1.29 is 4.92 Å². The quantitative estimate of drug-likeness (QED) is 0.629. The van der Waals surface area contributed by atoms with Crippen molar-refractivity contribution in [1.29, 1.82) is 0 Å². The van der Waals surface area contributed by atoms with Gasteiger partial charge >= 0.3 is 0 Å². The molecule has 0 N–H and O–H groups in total. The Labute approximate surface area is 102 Å². The first-order valence-electron chi connectivity index (χ1n) is 4.87. The highest BCUT2D eigenvalue weighted by Gasteiger charge is 2.26. The highest BCUT2D eigenvalue weighted by molar-refractivity contribution is 8.93. The smallest absolute Gasteiger partial charge is 0.286 e. The number of aromatic nitrogens is 2. The van der Waals surface area contributed by atoms with Crippen molar-refractivity contribution in [3.63, 3.8) is 0 Å². The molecule has 0 radical (unpaired) electrons. The standard InChI is InChI=1S/C10H9N3O2.BrH/c14-13(15)8-3-4-10-11-9(7-1-2-7)6-12(10)5-8;/h3-7H,1-2H2;1H. The summed E-state index contributed by atoms with van der Waals surface area (Å²) in [5.74, 6) is 0.573. The first kappa shape index (κ1) is 11.1. The fraction of sp³-hybridized carbons (Fsp3) is 0.300. The summed E-state index contributed by atoms with van der Waals surface area (Å²) in [5, 5.41) is 10.6. The van der Waals surface area contributed by atoms with E-state index in [4.69, 9.17) is 0 Å². The van der Waals surface area contributed by atoms with E-state index in [1.807, 2.05) is 6.20 Å². The van der Waals surface area contributed by atoms with Gasteiger partial charge in [-0.25, -0.2) is 4.98 Å². The van der Waals surface area contributed by atoms with Gasteiger partial charge in [0.2, 0.25) is 0 Å². The Kier molecular flexibility index (Phi) is 2.67. The summed E-state index contributed by atoms with van der Waals surface area (Å²) in [6, 6.07) is 3.17. The Morgan fingerprint density at radius 3 is 2.75 bits per heavy atom. The molecule has 0 aromatic carbocycles. The van der Waals surface area contributed by atoms with Gasteiger partial charge in [0.1, 0.15) is 5.65 Å². The molecular weight excluding hydrogens is 274 g/mol. The van der Waals surface area contributed by atoms with Gasteiger partial charge in [0.25, 0.3) is 5.69 Å². The maximum absolute atomic E-state index is 10.6. The zero-order valence-corrected chi connectivity index (χ0v) is 10.1. The zero-order valence-electron chi connectivity index (χ0n) is 8.37. The molecule has 0 amide bonds. The fourth-order valence-electron chi connectivity index (χ4n) is 1.68. The molecule has 2 aromatic heterocycles. The average molecular weight is 284 g/mol. The molecule has 1 saturated carbocycles. The Bertz CT molecular complexity index is 548. The predicted molar refractivity (Wildman–Crippen MR) is 64.1 cm³/mol. The Morgan fingerprint density at radius 1 is 1.38 bits per heavy atom. The molecule has 6 heteroatoms. The molecule has 0 bridgehead atoms. The van der Waals surface area contributed by atoms with Crippen LogP contribution in [-0.2, 0) is 0 Å². The molecule has 5 nitrogen and oxygen atoms in total. The summed E-state index contributed by atoms with van der Waals surface area (Å²) in [4.78, 5) is 14.6. The van der Waals surface area contributed by atoms with Gasteiger partial charge in [-0.15, -0.1) is 17.0 Å². The molecule has 2 heterocycles. The third-order valence-corrected chi connectivity index (χ3v) is 2.66. The van der Waals surface area contributed by atoms with Crippen molar-refractivity contribution in [2.45, 2.75) is 18.8 Å². The van der Waals surface area contributed by atoms with Crippen LogP contribution in [-0.4, -0.2) is 14.3 Å². The Balaban J connectivity index is 0.000000963. The highest BCUT2D eigenvalue weighted by Crippen LogP contribution is 2.39. The summed E-state index contributed by atoms with van der Waals surface area (Å²) in [7, 11) is 0. The van der Waals surface area contributed by atoms with Gasteiger partial charge in [-0.1, -0.05) is 0 Å². The molecule has 84 valence electrons. The molecule has 1 aliphatic carbocycles. The molecule has 3 rings (SSSR count). The number of rotatable bonds is 2. The van der Waals surface area contributed by atoms with E-state index in [1.165, 1.54) is 25.1 Å². The highest BCUT2D eigenvalue weighted by atomic mass is 79.9. The number of hydrogen-bond donors (Lipinski definition) is 0. The van der Waals surface area contributed by atoms with E-state index in [0.717, 1.165) is 11.3 Å². The van der Waals surface area contributed by atoms with Crippen LogP contribution in [0.25, 0.3) is 5.65 Å². The van der Waals surface area contributed by atoms with Crippen LogP contribution in [0.4, 0.5) is 5.69 Å². The zero-order chi connectivity index (χ0) is 10.4. The summed E-state index contributed by atoms with van der Waals surface area (Å²) in [6.45, 7) is 0. The van der Waals surface area contributed by atoms with Crippen LogP contribution >= 0.6 is 17.0 Å². The topological polar surface area (TPSA) is 60.4 Å². The second kappa shape index (κ2) is 3.86. The van der Waals surface area contributed by atoms with Gasteiger partial charge in [-0.05, 0) is 18.9 Å². The Morgan fingerprint density at radius 2 is 2.12 bits per heavy atom. The van der Waals surface area contributed by atoms with Gasteiger partial charge in [0.15, 0.2) is 0 Å². The molecule has 0 atom stereocenters. The van der Waals surface area contributed by atoms with Gasteiger partial charge in [-0.3, -0.25) is 14.5 Å². The van der Waals surface area contributed by atoms with E-state index < -0.39 is 4.92 Å². The van der Waals surface area contributed by atoms with E-state index in [1.54, 1.807) is 10.5 Å². The van der Waals surface area contributed by atoms with Gasteiger partial charge in [-0.2, -0.15) is 0 Å². The molecular formula is C10H10BrN3O2. The lowest BCUT2D eigenvalue weighted by Crippen LogP contribution is -1.90. The molecule has 0 aliphatic heterocycles. The number of hydrogen-bond acceptors (Lipinski definition) is 3. The molecule has 1 aliphatic rings. The fourth-order valence-corrected chi connectivity index (χ4v) is 1.68. The molecule has 0 saturated heterocycles. The van der Waals surface area contributed by atoms with E-state index in [0.29, 0.717) is 5.92 Å². The first-order chi connectivity index (χ1) is 7.24. The SMILES string of the molecule is Br.O=[N+]([O-])c1ccc2nc(C3CC3)cn2c1. The van der Waals surface area contributed by atoms with Crippen LogP contribution in [0.5, 0.6) is 0 Å². The first-order valence-corrected chi connectivity index (χ1v) is 4.87. The van der Waals surface area contributed by atoms with E-state index >= 15 is 0 Å². The minimum absolute atomic E-state index is 0. The number of nitro groups is 1. The van der Waals surface area contributed by atoms with Crippen molar-refractivity contribution in [3.05, 3.63) is 40.3 Å². The van der Waals surface area contributed by atoms with Crippen LogP contribution in [0.2, 0.25) is 0 Å². The largest absolute Gasteiger partial charge is 0.300 e. The lowest BCUT2D eigenvalue weighted by atomic mass is 10.3. The third-order valence-electron chi connectivity index (χ3n) is 2.66. The summed E-state index contributed by atoms with van der Waals surface area (Å²) >= 11 is 0. The number of nitrogens with zero attached hydrogens (tertiary/aromatic N) is 3. The summed E-state index contributed by atoms with van der Waals surface area (Å²) in [5.41, 5.74) is 1.93. The van der Waals surface area contributed by atoms with Gasteiger partial charge < -0.3 is 0 Å². The van der Waals surface area contributed by atoms with Crippen LogP contribution in [0, 0.1) is 10.1 Å². The van der Waals surface area contributed by atoms with Gasteiger partial charge in [0.05, 0.1) is 16.8 Å². The van der Waals surface area contributed by atoms with Crippen molar-refractivity contribution in [1.82, 2.24) is 9.38 Å². The molecule has 1 fully saturated rings. The lowest BCUT2D eigenvalue weighted by molar-refractivity contribution is -0.385. The number of fused-ring (bicyclic) bond motifs is 1. The molecule has 0 spiro atoms. The normalized spacial score (nSPS) is 14.8. The predicted octanol–water partition coefficient (Wildman–Crippen LogP) is 2.70. The summed E-state index contributed by atoms with van der Waals surface area (Å²) < 4.78 is 1.73. The van der Waals surface area contributed by atoms with E-state index in [2.05, 4.69) is 4.98 Å². The molecule has 2 aromatic rings. The van der Waals surface area contributed by atoms with Crippen molar-refractivity contribution in [3.8, 4) is 0 Å². The van der Waals surface area contributed by atoms with E-state index in [9.17, 15) is 10.1 Å². The number of pyridine rings is 1. The molecule has 0 unspecified atom stereocenters. The average Bonchev–Trinajstić information content (AvgIpc) is 2.97. The van der Waals surface area contributed by atoms with Crippen LogP contribution in [0.3, 0.4) is 0 Å². The molecule has 16 heavy (non-hydrogen) atoms. The van der Waals surface area contributed by atoms with E-state index in [-0.39, 0.29) is 22.7 Å². The lowest BCUT2D eigenvalue weighted by Gasteiger charge is -1.92. The van der Waals surface area contributed by atoms with Crippen LogP contribution in [0.1, 0.15) is 24.5 Å². The maximum Gasteiger partial charge on any atom is 0.286 e. The third kappa shape index (κ3) is 1.80. The number of imidazole rings is 1. The maximum atomic E-state index is 10.6. The second-order valence-electron chi connectivity index (χ2n) is 3.85. The summed E-state index contributed by atoms with van der Waals surface area (Å²) in [6.07, 6.45) is 5.77. The minimum Gasteiger partial charge on any atom is -0.300 e. The van der Waals surface area contributed by atoms with Gasteiger partial charge in [0, 0.05) is 18.2 Å². The van der Waals surface area contributed by atoms with Crippen molar-refractivity contribution in [2.24, 2.45) is 0 Å². The monoisotopic (exact) mass is 283 g/mol. The van der Waals surface area contributed by atoms with Crippen molar-refractivity contribution >= 4 is 28.3 Å². The minimum atomic E-state index is -0.393. The Hall–Kier alpha value is -1.43. The van der Waals surface area contributed by atoms with Crippen LogP contribution in [0.15, 0.2) is 24.5 Å². The van der Waals surface area contributed by atoms with Crippen LogP contribution < -0.4 is 0 Å². The second-order valence-corrected chi connectivity index (χ2v) is 3.85.